The van der Waals surface area contributed by atoms with Gasteiger partial charge in [0.1, 0.15) is 6.54 Å². The van der Waals surface area contributed by atoms with Crippen LogP contribution in [0.25, 0.3) is 0 Å². The van der Waals surface area contributed by atoms with Gasteiger partial charge < -0.3 is 14.9 Å². The standard InChI is InChI=1S/C17H21BrN2O4/c1-11-8-13(18)5-6-14(11)17(24)20-7-3-4-12(9-20)16(23)19(2)10-15(21)22/h5-6,8,12H,3-4,7,9-10H2,1-2H3,(H,21,22)/t12-/m0/s1. The van der Waals surface area contributed by atoms with Gasteiger partial charge in [-0.15, -0.1) is 0 Å². The maximum Gasteiger partial charge on any atom is 0.323 e. The number of piperidine rings is 1. The molecule has 1 saturated heterocycles. The van der Waals surface area contributed by atoms with E-state index in [4.69, 9.17) is 5.11 Å². The Balaban J connectivity index is 2.08. The third-order valence-corrected chi connectivity index (χ3v) is 4.72. The van der Waals surface area contributed by atoms with E-state index in [9.17, 15) is 14.4 Å². The lowest BCUT2D eigenvalue weighted by Gasteiger charge is -2.34. The lowest BCUT2D eigenvalue weighted by molar-refractivity contribution is -0.145. The van der Waals surface area contributed by atoms with Crippen molar-refractivity contribution in [3.8, 4) is 0 Å². The number of likely N-dealkylation sites (N-methyl/N-ethyl adjacent to an activating group) is 1. The van der Waals surface area contributed by atoms with Crippen molar-refractivity contribution in [2.75, 3.05) is 26.7 Å². The fourth-order valence-corrected chi connectivity index (χ4v) is 3.47. The number of carboxylic acid groups (broad SMARTS) is 1. The Kier molecular flexibility index (Phi) is 5.99. The molecule has 0 spiro atoms. The molecule has 0 aliphatic carbocycles. The molecular weight excluding hydrogens is 376 g/mol. The SMILES string of the molecule is Cc1cc(Br)ccc1C(=O)N1CCC[C@H](C(=O)N(C)CC(=O)O)C1. The number of carbonyl (C=O) groups is 3. The minimum absolute atomic E-state index is 0.0848. The van der Waals surface area contributed by atoms with Crippen molar-refractivity contribution in [3.63, 3.8) is 0 Å². The summed E-state index contributed by atoms with van der Waals surface area (Å²) in [5.74, 6) is -1.69. The Bertz CT molecular complexity index is 662. The topological polar surface area (TPSA) is 77.9 Å². The second-order valence-electron chi connectivity index (χ2n) is 6.14. The molecule has 0 saturated carbocycles. The van der Waals surface area contributed by atoms with Crippen LogP contribution in [-0.4, -0.2) is 59.4 Å². The predicted octanol–water partition coefficient (Wildman–Crippen LogP) is 2.15. The lowest BCUT2D eigenvalue weighted by Crippen LogP contribution is -2.46. The third-order valence-electron chi connectivity index (χ3n) is 4.23. The molecule has 0 radical (unpaired) electrons. The Morgan fingerprint density at radius 1 is 1.38 bits per heavy atom. The monoisotopic (exact) mass is 396 g/mol. The van der Waals surface area contributed by atoms with E-state index in [0.29, 0.717) is 25.1 Å². The van der Waals surface area contributed by atoms with E-state index in [1.54, 1.807) is 11.0 Å². The van der Waals surface area contributed by atoms with Gasteiger partial charge >= 0.3 is 5.97 Å². The summed E-state index contributed by atoms with van der Waals surface area (Å²) >= 11 is 3.38. The summed E-state index contributed by atoms with van der Waals surface area (Å²) in [6.07, 6.45) is 1.41. The summed E-state index contributed by atoms with van der Waals surface area (Å²) in [4.78, 5) is 38.8. The van der Waals surface area contributed by atoms with Gasteiger partial charge in [0.2, 0.25) is 5.91 Å². The van der Waals surface area contributed by atoms with Crippen molar-refractivity contribution in [2.45, 2.75) is 19.8 Å². The second kappa shape index (κ2) is 7.79. The molecule has 130 valence electrons. The van der Waals surface area contributed by atoms with Crippen molar-refractivity contribution >= 4 is 33.7 Å². The number of hydrogen-bond acceptors (Lipinski definition) is 3. The summed E-state index contributed by atoms with van der Waals surface area (Å²) in [5, 5.41) is 8.81. The van der Waals surface area contributed by atoms with E-state index in [1.807, 2.05) is 19.1 Å². The third kappa shape index (κ3) is 4.35. The number of aryl methyl sites for hydroxylation is 1. The van der Waals surface area contributed by atoms with Crippen LogP contribution in [0.1, 0.15) is 28.8 Å². The predicted molar refractivity (Wildman–Crippen MR) is 92.8 cm³/mol. The van der Waals surface area contributed by atoms with Crippen molar-refractivity contribution in [1.82, 2.24) is 9.80 Å². The highest BCUT2D eigenvalue weighted by Crippen LogP contribution is 2.23. The highest BCUT2D eigenvalue weighted by molar-refractivity contribution is 9.10. The van der Waals surface area contributed by atoms with Crippen molar-refractivity contribution in [1.29, 1.82) is 0 Å². The summed E-state index contributed by atoms with van der Waals surface area (Å²) in [7, 11) is 1.48. The average molecular weight is 397 g/mol. The molecule has 1 N–H and O–H groups in total. The number of benzene rings is 1. The first-order valence-electron chi connectivity index (χ1n) is 7.81. The zero-order chi connectivity index (χ0) is 17.9. The van der Waals surface area contributed by atoms with Crippen LogP contribution in [0, 0.1) is 12.8 Å². The van der Waals surface area contributed by atoms with Crippen molar-refractivity contribution in [3.05, 3.63) is 33.8 Å². The van der Waals surface area contributed by atoms with Crippen LogP contribution in [0.4, 0.5) is 0 Å². The molecule has 1 heterocycles. The minimum atomic E-state index is -1.04. The number of rotatable bonds is 4. The minimum Gasteiger partial charge on any atom is -0.480 e. The molecule has 2 rings (SSSR count). The van der Waals surface area contributed by atoms with Gasteiger partial charge in [-0.3, -0.25) is 14.4 Å². The largest absolute Gasteiger partial charge is 0.480 e. The number of amides is 2. The quantitative estimate of drug-likeness (QED) is 0.845. The van der Waals surface area contributed by atoms with Crippen molar-refractivity contribution < 1.29 is 19.5 Å². The van der Waals surface area contributed by atoms with E-state index in [1.165, 1.54) is 11.9 Å². The van der Waals surface area contributed by atoms with Crippen molar-refractivity contribution in [2.24, 2.45) is 5.92 Å². The molecule has 0 unspecified atom stereocenters. The molecule has 7 heteroatoms. The van der Waals surface area contributed by atoms with Crippen LogP contribution in [0.2, 0.25) is 0 Å². The van der Waals surface area contributed by atoms with Gasteiger partial charge in [-0.25, -0.2) is 0 Å². The summed E-state index contributed by atoms with van der Waals surface area (Å²) in [5.41, 5.74) is 1.51. The Hall–Kier alpha value is -1.89. The Labute approximate surface area is 149 Å². The zero-order valence-electron chi connectivity index (χ0n) is 13.8. The number of hydrogen-bond donors (Lipinski definition) is 1. The summed E-state index contributed by atoms with van der Waals surface area (Å²) in [6, 6.07) is 5.50. The fourth-order valence-electron chi connectivity index (χ4n) is 2.99. The Morgan fingerprint density at radius 2 is 2.08 bits per heavy atom. The van der Waals surface area contributed by atoms with Gasteiger partial charge in [-0.05, 0) is 43.5 Å². The number of carboxylic acids is 1. The second-order valence-corrected chi connectivity index (χ2v) is 7.05. The number of nitrogens with zero attached hydrogens (tertiary/aromatic N) is 2. The number of likely N-dealkylation sites (tertiary alicyclic amines) is 1. The molecule has 1 aromatic carbocycles. The highest BCUT2D eigenvalue weighted by Gasteiger charge is 2.31. The van der Waals surface area contributed by atoms with Crippen LogP contribution < -0.4 is 0 Å². The van der Waals surface area contributed by atoms with Crippen LogP contribution >= 0.6 is 15.9 Å². The van der Waals surface area contributed by atoms with Crippen LogP contribution in [0.5, 0.6) is 0 Å². The van der Waals surface area contributed by atoms with Crippen LogP contribution in [0.3, 0.4) is 0 Å². The first kappa shape index (κ1) is 18.4. The van der Waals surface area contributed by atoms with Gasteiger partial charge in [0, 0.05) is 30.2 Å². The van der Waals surface area contributed by atoms with E-state index in [-0.39, 0.29) is 24.3 Å². The first-order valence-corrected chi connectivity index (χ1v) is 8.61. The molecule has 0 aromatic heterocycles. The highest BCUT2D eigenvalue weighted by atomic mass is 79.9. The van der Waals surface area contributed by atoms with E-state index >= 15 is 0 Å². The van der Waals surface area contributed by atoms with Crippen LogP contribution in [-0.2, 0) is 9.59 Å². The smallest absolute Gasteiger partial charge is 0.323 e. The molecule has 2 amide bonds. The lowest BCUT2D eigenvalue weighted by atomic mass is 9.95. The molecular formula is C17H21BrN2O4. The summed E-state index contributed by atoms with van der Waals surface area (Å²) in [6.45, 7) is 2.50. The average Bonchev–Trinajstić information content (AvgIpc) is 2.53. The van der Waals surface area contributed by atoms with Gasteiger partial charge in [-0.2, -0.15) is 0 Å². The number of aliphatic carboxylic acids is 1. The molecule has 1 aromatic rings. The van der Waals surface area contributed by atoms with E-state index in [2.05, 4.69) is 15.9 Å². The number of halogens is 1. The first-order chi connectivity index (χ1) is 11.3. The van der Waals surface area contributed by atoms with Crippen LogP contribution in [0.15, 0.2) is 22.7 Å². The van der Waals surface area contributed by atoms with Gasteiger partial charge in [0.15, 0.2) is 0 Å². The molecule has 0 bridgehead atoms. The van der Waals surface area contributed by atoms with Gasteiger partial charge in [-0.1, -0.05) is 15.9 Å². The Morgan fingerprint density at radius 3 is 2.71 bits per heavy atom. The molecule has 1 aliphatic heterocycles. The normalized spacial score (nSPS) is 17.5. The zero-order valence-corrected chi connectivity index (χ0v) is 15.4. The van der Waals surface area contributed by atoms with E-state index < -0.39 is 5.97 Å². The molecule has 1 aliphatic rings. The fraction of sp³-hybridized carbons (Fsp3) is 0.471. The molecule has 6 nitrogen and oxygen atoms in total. The maximum atomic E-state index is 12.7. The molecule has 24 heavy (non-hydrogen) atoms. The summed E-state index contributed by atoms with van der Waals surface area (Å²) < 4.78 is 0.915. The number of carbonyl (C=O) groups excluding carboxylic acids is 2. The maximum absolute atomic E-state index is 12.7. The van der Waals surface area contributed by atoms with Gasteiger partial charge in [0.25, 0.3) is 5.91 Å². The van der Waals surface area contributed by atoms with E-state index in [0.717, 1.165) is 16.5 Å². The molecule has 1 fully saturated rings. The van der Waals surface area contributed by atoms with Gasteiger partial charge in [0.05, 0.1) is 5.92 Å². The molecule has 1 atom stereocenters.